The Balaban J connectivity index is 1.61. The second-order valence-electron chi connectivity index (χ2n) is 10.4. The first-order valence-corrected chi connectivity index (χ1v) is 13.2. The van der Waals surface area contributed by atoms with Crippen LogP contribution in [0.4, 0.5) is 0 Å². The van der Waals surface area contributed by atoms with Crippen LogP contribution < -0.4 is 10.6 Å². The van der Waals surface area contributed by atoms with Crippen molar-refractivity contribution in [2.24, 2.45) is 10.8 Å². The molecule has 2 aromatic rings. The van der Waals surface area contributed by atoms with Gasteiger partial charge in [0.05, 0.1) is 0 Å². The minimum absolute atomic E-state index is 0.00758. The largest absolute Gasteiger partial charge is 0.352 e. The highest BCUT2D eigenvalue weighted by molar-refractivity contribution is 6.37. The standard InChI is InChI=1S/C28H30Cl4N2O2/c1-27(2)14-18(34-26(36)13-11-20-23(31)8-5-9-24(20)32)15-28(3,16-27)17-33-25(35)12-10-19-21(29)6-4-7-22(19)30/h4-13,18H,14-17H2,1-3H3,(H,33,35)(H,34,36). The molecule has 2 aromatic carbocycles. The van der Waals surface area contributed by atoms with Gasteiger partial charge in [-0.25, -0.2) is 0 Å². The number of rotatable bonds is 7. The van der Waals surface area contributed by atoms with Crippen molar-refractivity contribution in [2.75, 3.05) is 6.54 Å². The Labute approximate surface area is 233 Å². The van der Waals surface area contributed by atoms with Crippen LogP contribution in [0.3, 0.4) is 0 Å². The van der Waals surface area contributed by atoms with Gasteiger partial charge in [0.25, 0.3) is 0 Å². The van der Waals surface area contributed by atoms with Gasteiger partial charge in [-0.2, -0.15) is 0 Å². The summed E-state index contributed by atoms with van der Waals surface area (Å²) in [5.41, 5.74) is 1.02. The third-order valence-electron chi connectivity index (χ3n) is 6.28. The summed E-state index contributed by atoms with van der Waals surface area (Å²) in [6.45, 7) is 6.99. The van der Waals surface area contributed by atoms with E-state index in [2.05, 4.69) is 31.4 Å². The number of halogens is 4. The van der Waals surface area contributed by atoms with Gasteiger partial charge in [-0.1, -0.05) is 79.3 Å². The zero-order valence-electron chi connectivity index (χ0n) is 20.5. The molecule has 1 fully saturated rings. The first kappa shape index (κ1) is 28.6. The zero-order valence-corrected chi connectivity index (χ0v) is 23.5. The molecule has 2 atom stereocenters. The van der Waals surface area contributed by atoms with Crippen molar-refractivity contribution in [1.29, 1.82) is 0 Å². The van der Waals surface area contributed by atoms with Crippen molar-refractivity contribution >= 4 is 70.4 Å². The molecule has 4 nitrogen and oxygen atoms in total. The number of hydrogen-bond acceptors (Lipinski definition) is 2. The van der Waals surface area contributed by atoms with E-state index in [4.69, 9.17) is 46.4 Å². The summed E-state index contributed by atoms with van der Waals surface area (Å²) in [7, 11) is 0. The molecule has 1 saturated carbocycles. The lowest BCUT2D eigenvalue weighted by Gasteiger charge is -2.46. The molecule has 36 heavy (non-hydrogen) atoms. The lowest BCUT2D eigenvalue weighted by molar-refractivity contribution is -0.119. The van der Waals surface area contributed by atoms with E-state index in [9.17, 15) is 9.59 Å². The lowest BCUT2D eigenvalue weighted by Crippen LogP contribution is -2.50. The second kappa shape index (κ2) is 12.0. The van der Waals surface area contributed by atoms with Gasteiger partial charge < -0.3 is 10.6 Å². The fourth-order valence-corrected chi connectivity index (χ4v) is 6.18. The zero-order chi connectivity index (χ0) is 26.5. The maximum atomic E-state index is 12.7. The normalized spacial score (nSPS) is 21.6. The van der Waals surface area contributed by atoms with E-state index in [0.717, 1.165) is 19.3 Å². The number of amides is 2. The predicted octanol–water partition coefficient (Wildman–Crippen LogP) is 7.84. The first-order valence-electron chi connectivity index (χ1n) is 11.7. The Hall–Kier alpha value is -1.98. The maximum Gasteiger partial charge on any atom is 0.244 e. The molecule has 0 radical (unpaired) electrons. The molecule has 192 valence electrons. The molecule has 1 aliphatic rings. The van der Waals surface area contributed by atoms with Crippen LogP contribution in [0.15, 0.2) is 48.6 Å². The summed E-state index contributed by atoms with van der Waals surface area (Å²) in [6, 6.07) is 10.4. The highest BCUT2D eigenvalue weighted by Gasteiger charge is 2.41. The van der Waals surface area contributed by atoms with Crippen molar-refractivity contribution < 1.29 is 9.59 Å². The van der Waals surface area contributed by atoms with Gasteiger partial charge in [0.1, 0.15) is 0 Å². The van der Waals surface area contributed by atoms with Gasteiger partial charge in [0, 0.05) is 56.0 Å². The summed E-state index contributed by atoms with van der Waals surface area (Å²) in [5, 5.41) is 8.06. The lowest BCUT2D eigenvalue weighted by atomic mass is 9.62. The van der Waals surface area contributed by atoms with E-state index in [1.807, 2.05) is 0 Å². The van der Waals surface area contributed by atoms with E-state index in [-0.39, 0.29) is 28.7 Å². The second-order valence-corrected chi connectivity index (χ2v) is 12.0. The third kappa shape index (κ3) is 8.01. The van der Waals surface area contributed by atoms with Gasteiger partial charge in [0.2, 0.25) is 11.8 Å². The molecule has 0 spiro atoms. The summed E-state index contributed by atoms with van der Waals surface area (Å²) in [4.78, 5) is 25.2. The molecule has 0 heterocycles. The number of benzene rings is 2. The summed E-state index contributed by atoms with van der Waals surface area (Å²) >= 11 is 24.7. The molecule has 2 N–H and O–H groups in total. The molecular formula is C28H30Cl4N2O2. The van der Waals surface area contributed by atoms with Crippen LogP contribution in [0.2, 0.25) is 20.1 Å². The monoisotopic (exact) mass is 566 g/mol. The minimum atomic E-state index is -0.226. The Morgan fingerprint density at radius 2 is 1.31 bits per heavy atom. The molecule has 2 amide bonds. The molecule has 3 rings (SSSR count). The van der Waals surface area contributed by atoms with Gasteiger partial charge >= 0.3 is 0 Å². The van der Waals surface area contributed by atoms with Gasteiger partial charge in [-0.05, 0) is 66.5 Å². The van der Waals surface area contributed by atoms with Crippen LogP contribution in [-0.2, 0) is 9.59 Å². The Morgan fingerprint density at radius 1 is 0.833 bits per heavy atom. The summed E-state index contributed by atoms with van der Waals surface area (Å²) in [5.74, 6) is -0.435. The molecule has 2 unspecified atom stereocenters. The molecule has 0 bridgehead atoms. The van der Waals surface area contributed by atoms with Crippen LogP contribution >= 0.6 is 46.4 Å². The molecule has 0 aromatic heterocycles. The number of hydrogen-bond donors (Lipinski definition) is 2. The van der Waals surface area contributed by atoms with Crippen molar-refractivity contribution in [1.82, 2.24) is 10.6 Å². The van der Waals surface area contributed by atoms with Crippen LogP contribution in [-0.4, -0.2) is 24.4 Å². The predicted molar refractivity (Wildman–Crippen MR) is 152 cm³/mol. The molecule has 8 heteroatoms. The van der Waals surface area contributed by atoms with E-state index in [1.165, 1.54) is 12.2 Å². The Morgan fingerprint density at radius 3 is 1.81 bits per heavy atom. The highest BCUT2D eigenvalue weighted by atomic mass is 35.5. The van der Waals surface area contributed by atoms with E-state index < -0.39 is 0 Å². The van der Waals surface area contributed by atoms with E-state index in [1.54, 1.807) is 48.6 Å². The SMILES string of the molecule is CC1(C)CC(NC(=O)C=Cc2c(Cl)cccc2Cl)CC(C)(CNC(=O)C=Cc2c(Cl)cccc2Cl)C1. The van der Waals surface area contributed by atoms with Crippen LogP contribution in [0, 0.1) is 10.8 Å². The van der Waals surface area contributed by atoms with Crippen LogP contribution in [0.5, 0.6) is 0 Å². The van der Waals surface area contributed by atoms with Crippen molar-refractivity contribution in [3.8, 4) is 0 Å². The quantitative estimate of drug-likeness (QED) is 0.335. The Kier molecular flexibility index (Phi) is 9.56. The number of carbonyl (C=O) groups excluding carboxylic acids is 2. The minimum Gasteiger partial charge on any atom is -0.352 e. The Bertz CT molecular complexity index is 1150. The first-order chi connectivity index (χ1) is 16.9. The average molecular weight is 568 g/mol. The molecule has 0 aliphatic heterocycles. The summed E-state index contributed by atoms with van der Waals surface area (Å²) < 4.78 is 0. The fraction of sp³-hybridized carbons (Fsp3) is 0.357. The van der Waals surface area contributed by atoms with Gasteiger partial charge in [-0.15, -0.1) is 0 Å². The van der Waals surface area contributed by atoms with E-state index in [0.29, 0.717) is 37.8 Å². The van der Waals surface area contributed by atoms with Gasteiger partial charge in [0.15, 0.2) is 0 Å². The maximum absolute atomic E-state index is 12.7. The topological polar surface area (TPSA) is 58.2 Å². The number of nitrogens with one attached hydrogen (secondary N) is 2. The van der Waals surface area contributed by atoms with Crippen molar-refractivity contribution in [2.45, 2.75) is 46.1 Å². The third-order valence-corrected chi connectivity index (χ3v) is 7.60. The molecule has 0 saturated heterocycles. The van der Waals surface area contributed by atoms with Crippen LogP contribution in [0.25, 0.3) is 12.2 Å². The molecule has 1 aliphatic carbocycles. The smallest absolute Gasteiger partial charge is 0.244 e. The van der Waals surface area contributed by atoms with Crippen LogP contribution in [0.1, 0.15) is 51.2 Å². The van der Waals surface area contributed by atoms with Crippen molar-refractivity contribution in [3.05, 3.63) is 79.8 Å². The average Bonchev–Trinajstić information content (AvgIpc) is 2.76. The van der Waals surface area contributed by atoms with E-state index >= 15 is 0 Å². The summed E-state index contributed by atoms with van der Waals surface area (Å²) in [6.07, 6.45) is 8.64. The highest BCUT2D eigenvalue weighted by Crippen LogP contribution is 2.45. The number of carbonyl (C=O) groups is 2. The molecular weight excluding hydrogens is 538 g/mol. The van der Waals surface area contributed by atoms with Crippen molar-refractivity contribution in [3.63, 3.8) is 0 Å². The van der Waals surface area contributed by atoms with Gasteiger partial charge in [-0.3, -0.25) is 9.59 Å². The fourth-order valence-electron chi connectivity index (χ4n) is 5.14.